The van der Waals surface area contributed by atoms with E-state index in [1.54, 1.807) is 0 Å². The molecule has 0 aromatic carbocycles. The van der Waals surface area contributed by atoms with Gasteiger partial charge < -0.3 is 10.2 Å². The summed E-state index contributed by atoms with van der Waals surface area (Å²) >= 11 is 0. The maximum atomic E-state index is 3.41. The Morgan fingerprint density at radius 2 is 1.69 bits per heavy atom. The van der Waals surface area contributed by atoms with E-state index in [0.29, 0.717) is 5.04 Å². The van der Waals surface area contributed by atoms with Crippen molar-refractivity contribution in [3.05, 3.63) is 0 Å². The molecular weight excluding hydrogens is 212 g/mol. The highest BCUT2D eigenvalue weighted by Crippen LogP contribution is 2.39. The van der Waals surface area contributed by atoms with Crippen molar-refractivity contribution in [2.45, 2.75) is 51.4 Å². The van der Waals surface area contributed by atoms with Crippen LogP contribution in [0.3, 0.4) is 0 Å². The van der Waals surface area contributed by atoms with Crippen LogP contribution in [0.15, 0.2) is 0 Å². The van der Waals surface area contributed by atoms with Crippen LogP contribution in [0.2, 0.25) is 24.2 Å². The minimum atomic E-state index is -1.03. The van der Waals surface area contributed by atoms with Gasteiger partial charge in [0.25, 0.3) is 0 Å². The van der Waals surface area contributed by atoms with Crippen LogP contribution in [0.5, 0.6) is 0 Å². The molecule has 0 bridgehead atoms. The van der Waals surface area contributed by atoms with Crippen molar-refractivity contribution < 1.29 is 0 Å². The number of hydrogen-bond donors (Lipinski definition) is 1. The summed E-state index contributed by atoms with van der Waals surface area (Å²) in [7, 11) is -1.03. The Morgan fingerprint density at radius 3 is 2.19 bits per heavy atom. The van der Waals surface area contributed by atoms with Gasteiger partial charge in [-0.25, -0.2) is 0 Å². The molecule has 1 saturated heterocycles. The number of rotatable bonds is 4. The summed E-state index contributed by atoms with van der Waals surface area (Å²) in [5.74, 6) is 0. The standard InChI is InChI=1S/C13H30N2Si/c1-13(2,3)16(4,5)12-6-9-15-10-7-14-8-11-15/h14H,6-12H2,1-5H3. The smallest absolute Gasteiger partial charge is 0.0528 e. The Labute approximate surface area is 103 Å². The summed E-state index contributed by atoms with van der Waals surface area (Å²) in [4.78, 5) is 2.61. The second kappa shape index (κ2) is 5.65. The minimum Gasteiger partial charge on any atom is -0.314 e. The van der Waals surface area contributed by atoms with Crippen molar-refractivity contribution in [1.82, 2.24) is 10.2 Å². The van der Waals surface area contributed by atoms with Gasteiger partial charge in [0, 0.05) is 26.2 Å². The summed E-state index contributed by atoms with van der Waals surface area (Å²) in [6.07, 6.45) is 1.40. The van der Waals surface area contributed by atoms with Crippen LogP contribution < -0.4 is 5.32 Å². The van der Waals surface area contributed by atoms with Crippen LogP contribution >= 0.6 is 0 Å². The first kappa shape index (κ1) is 14.2. The molecule has 0 saturated carbocycles. The third-order valence-electron chi connectivity index (χ3n) is 4.52. The molecule has 0 aliphatic carbocycles. The second-order valence-electron chi connectivity index (χ2n) is 6.83. The van der Waals surface area contributed by atoms with E-state index in [2.05, 4.69) is 44.1 Å². The van der Waals surface area contributed by atoms with E-state index in [1.165, 1.54) is 45.2 Å². The molecule has 16 heavy (non-hydrogen) atoms. The van der Waals surface area contributed by atoms with E-state index < -0.39 is 8.07 Å². The Bertz CT molecular complexity index is 202. The number of hydrogen-bond acceptors (Lipinski definition) is 2. The Hall–Kier alpha value is 0.137. The lowest BCUT2D eigenvalue weighted by Crippen LogP contribution is -2.44. The number of piperazine rings is 1. The monoisotopic (exact) mass is 242 g/mol. The van der Waals surface area contributed by atoms with Gasteiger partial charge in [-0.05, 0) is 18.0 Å². The lowest BCUT2D eigenvalue weighted by molar-refractivity contribution is 0.241. The molecule has 1 aliphatic heterocycles. The van der Waals surface area contributed by atoms with E-state index in [1.807, 2.05) is 0 Å². The van der Waals surface area contributed by atoms with E-state index in [-0.39, 0.29) is 0 Å². The SMILES string of the molecule is CC(C)(C)[Si](C)(C)CCCN1CCNCC1. The van der Waals surface area contributed by atoms with E-state index in [0.717, 1.165) is 0 Å². The third-order valence-corrected chi connectivity index (χ3v) is 10.2. The molecule has 0 aromatic rings. The quantitative estimate of drug-likeness (QED) is 0.763. The molecule has 0 spiro atoms. The minimum absolute atomic E-state index is 0.552. The highest BCUT2D eigenvalue weighted by Gasteiger charge is 2.34. The largest absolute Gasteiger partial charge is 0.314 e. The molecule has 0 radical (unpaired) electrons. The molecule has 0 atom stereocenters. The van der Waals surface area contributed by atoms with Gasteiger partial charge in [0.05, 0.1) is 8.07 Å². The molecule has 96 valence electrons. The fraction of sp³-hybridized carbons (Fsp3) is 1.00. The topological polar surface area (TPSA) is 15.3 Å². The summed E-state index contributed by atoms with van der Waals surface area (Å²) in [6.45, 7) is 18.5. The first-order valence-electron chi connectivity index (χ1n) is 6.76. The molecule has 0 aromatic heterocycles. The van der Waals surface area contributed by atoms with Gasteiger partial charge >= 0.3 is 0 Å². The van der Waals surface area contributed by atoms with Crippen molar-refractivity contribution in [3.8, 4) is 0 Å². The van der Waals surface area contributed by atoms with E-state index in [9.17, 15) is 0 Å². The Balaban J connectivity index is 2.23. The zero-order valence-corrected chi connectivity index (χ0v) is 12.9. The van der Waals surface area contributed by atoms with Crippen LogP contribution in [0.25, 0.3) is 0 Å². The van der Waals surface area contributed by atoms with Crippen LogP contribution in [0.1, 0.15) is 27.2 Å². The van der Waals surface area contributed by atoms with Gasteiger partial charge in [-0.1, -0.05) is 39.9 Å². The first-order chi connectivity index (χ1) is 7.33. The van der Waals surface area contributed by atoms with Gasteiger partial charge in [-0.3, -0.25) is 0 Å². The Morgan fingerprint density at radius 1 is 1.12 bits per heavy atom. The van der Waals surface area contributed by atoms with Crippen LogP contribution in [-0.4, -0.2) is 45.7 Å². The average Bonchev–Trinajstić information content (AvgIpc) is 2.17. The fourth-order valence-electron chi connectivity index (χ4n) is 2.05. The average molecular weight is 242 g/mol. The third kappa shape index (κ3) is 4.19. The molecule has 1 aliphatic rings. The molecule has 1 N–H and O–H groups in total. The lowest BCUT2D eigenvalue weighted by Gasteiger charge is -2.38. The van der Waals surface area contributed by atoms with E-state index >= 15 is 0 Å². The zero-order chi connectivity index (χ0) is 12.2. The molecule has 1 fully saturated rings. The van der Waals surface area contributed by atoms with Crippen molar-refractivity contribution >= 4 is 8.07 Å². The zero-order valence-electron chi connectivity index (χ0n) is 11.9. The highest BCUT2D eigenvalue weighted by molar-refractivity contribution is 6.80. The molecule has 1 heterocycles. The fourth-order valence-corrected chi connectivity index (χ4v) is 3.85. The van der Waals surface area contributed by atoms with Gasteiger partial charge in [-0.2, -0.15) is 0 Å². The number of nitrogens with zero attached hydrogens (tertiary/aromatic N) is 1. The van der Waals surface area contributed by atoms with Gasteiger partial charge in [0.15, 0.2) is 0 Å². The molecule has 2 nitrogen and oxygen atoms in total. The maximum absolute atomic E-state index is 3.41. The van der Waals surface area contributed by atoms with Crippen molar-refractivity contribution in [2.75, 3.05) is 32.7 Å². The van der Waals surface area contributed by atoms with E-state index in [4.69, 9.17) is 0 Å². The lowest BCUT2D eigenvalue weighted by atomic mass is 10.2. The predicted molar refractivity (Wildman–Crippen MR) is 75.9 cm³/mol. The van der Waals surface area contributed by atoms with Crippen molar-refractivity contribution in [1.29, 1.82) is 0 Å². The molecule has 0 unspecified atom stereocenters. The molecular formula is C13H30N2Si. The van der Waals surface area contributed by atoms with Gasteiger partial charge in [-0.15, -0.1) is 0 Å². The van der Waals surface area contributed by atoms with Crippen LogP contribution in [0, 0.1) is 0 Å². The van der Waals surface area contributed by atoms with Crippen molar-refractivity contribution in [2.24, 2.45) is 0 Å². The summed E-state index contributed by atoms with van der Waals surface area (Å²) in [5.41, 5.74) is 0. The molecule has 0 amide bonds. The normalized spacial score (nSPS) is 20.1. The highest BCUT2D eigenvalue weighted by atomic mass is 28.3. The first-order valence-corrected chi connectivity index (χ1v) is 9.97. The van der Waals surface area contributed by atoms with Gasteiger partial charge in [0.2, 0.25) is 0 Å². The maximum Gasteiger partial charge on any atom is 0.0528 e. The van der Waals surface area contributed by atoms with Crippen LogP contribution in [0.4, 0.5) is 0 Å². The summed E-state index contributed by atoms with van der Waals surface area (Å²) < 4.78 is 0. The number of nitrogens with one attached hydrogen (secondary N) is 1. The Kier molecular flexibility index (Phi) is 5.01. The predicted octanol–water partition coefficient (Wildman–Crippen LogP) is 2.79. The van der Waals surface area contributed by atoms with Crippen molar-refractivity contribution in [3.63, 3.8) is 0 Å². The van der Waals surface area contributed by atoms with Gasteiger partial charge in [0.1, 0.15) is 0 Å². The summed E-state index contributed by atoms with van der Waals surface area (Å²) in [5, 5.41) is 3.96. The van der Waals surface area contributed by atoms with Crippen LogP contribution in [-0.2, 0) is 0 Å². The molecule has 1 rings (SSSR count). The summed E-state index contributed by atoms with van der Waals surface area (Å²) in [6, 6.07) is 1.47. The molecule has 3 heteroatoms. The second-order valence-corrected chi connectivity index (χ2v) is 12.6.